The van der Waals surface area contributed by atoms with E-state index in [1.165, 1.54) is 0 Å². The van der Waals surface area contributed by atoms with Crippen LogP contribution in [0.2, 0.25) is 0 Å². The van der Waals surface area contributed by atoms with E-state index in [9.17, 15) is 4.79 Å². The topological polar surface area (TPSA) is 76.8 Å². The Morgan fingerprint density at radius 2 is 2.04 bits per heavy atom. The molecule has 1 fully saturated rings. The van der Waals surface area contributed by atoms with Gasteiger partial charge in [-0.1, -0.05) is 5.16 Å². The number of hydrogen-bond acceptors (Lipinski definition) is 5. The number of nitrogens with zero attached hydrogens (tertiary/aromatic N) is 2. The maximum Gasteiger partial charge on any atom is 0.322 e. The van der Waals surface area contributed by atoms with Gasteiger partial charge in [0.1, 0.15) is 19.0 Å². The van der Waals surface area contributed by atoms with Crippen LogP contribution in [0.4, 0.5) is 10.5 Å². The van der Waals surface area contributed by atoms with E-state index in [0.717, 1.165) is 29.9 Å². The quantitative estimate of drug-likeness (QED) is 0.904. The fourth-order valence-corrected chi connectivity index (χ4v) is 3.59. The van der Waals surface area contributed by atoms with Crippen LogP contribution in [-0.2, 0) is 0 Å². The van der Waals surface area contributed by atoms with Crippen LogP contribution in [0.25, 0.3) is 0 Å². The molecular weight excluding hydrogens is 322 g/mol. The summed E-state index contributed by atoms with van der Waals surface area (Å²) in [4.78, 5) is 14.7. The third kappa shape index (κ3) is 2.90. The number of fused-ring (bicyclic) bond motifs is 1. The lowest BCUT2D eigenvalue weighted by Gasteiger charge is -2.25. The molecule has 1 saturated heterocycles. The number of hydrogen-bond donors (Lipinski definition) is 1. The number of rotatable bonds is 2. The highest BCUT2D eigenvalue weighted by Gasteiger charge is 2.34. The maximum absolute atomic E-state index is 12.8. The summed E-state index contributed by atoms with van der Waals surface area (Å²) in [7, 11) is 0. The van der Waals surface area contributed by atoms with Crippen LogP contribution in [0.1, 0.15) is 35.9 Å². The zero-order valence-corrected chi connectivity index (χ0v) is 14.4. The summed E-state index contributed by atoms with van der Waals surface area (Å²) in [6.07, 6.45) is 1.88. The second-order valence-electron chi connectivity index (χ2n) is 6.38. The van der Waals surface area contributed by atoms with Gasteiger partial charge in [0.15, 0.2) is 11.5 Å². The first-order valence-corrected chi connectivity index (χ1v) is 8.53. The average Bonchev–Trinajstić information content (AvgIpc) is 3.21. The molecule has 4 rings (SSSR count). The van der Waals surface area contributed by atoms with Crippen molar-refractivity contribution in [1.82, 2.24) is 10.1 Å². The van der Waals surface area contributed by atoms with Gasteiger partial charge in [0.25, 0.3) is 0 Å². The molecule has 7 heteroatoms. The number of aromatic nitrogens is 1. The summed E-state index contributed by atoms with van der Waals surface area (Å²) in [5, 5.41) is 6.99. The number of carbonyl (C=O) groups is 1. The third-order valence-electron chi connectivity index (χ3n) is 4.73. The number of urea groups is 1. The first kappa shape index (κ1) is 15.8. The third-order valence-corrected chi connectivity index (χ3v) is 4.73. The van der Waals surface area contributed by atoms with Crippen molar-refractivity contribution in [1.29, 1.82) is 0 Å². The fourth-order valence-electron chi connectivity index (χ4n) is 3.59. The van der Waals surface area contributed by atoms with Gasteiger partial charge in [-0.3, -0.25) is 0 Å². The molecule has 0 radical (unpaired) electrons. The highest BCUT2D eigenvalue weighted by molar-refractivity contribution is 5.90. The SMILES string of the molecule is Cc1noc(C)c1[C@H]1CCCN1C(=O)Nc1ccc2c(c1)OCCO2. The van der Waals surface area contributed by atoms with E-state index in [1.807, 2.05) is 30.9 Å². The lowest BCUT2D eigenvalue weighted by Crippen LogP contribution is -2.34. The second kappa shape index (κ2) is 6.31. The predicted octanol–water partition coefficient (Wildman–Crippen LogP) is 3.43. The minimum atomic E-state index is -0.126. The van der Waals surface area contributed by atoms with Gasteiger partial charge in [0.2, 0.25) is 0 Å². The average molecular weight is 343 g/mol. The van der Waals surface area contributed by atoms with Crippen LogP contribution < -0.4 is 14.8 Å². The van der Waals surface area contributed by atoms with Gasteiger partial charge in [-0.2, -0.15) is 0 Å². The Hall–Kier alpha value is -2.70. The number of nitrogens with one attached hydrogen (secondary N) is 1. The molecule has 2 aliphatic rings. The van der Waals surface area contributed by atoms with Crippen molar-refractivity contribution in [3.05, 3.63) is 35.2 Å². The summed E-state index contributed by atoms with van der Waals surface area (Å²) in [6.45, 7) is 5.59. The maximum atomic E-state index is 12.8. The molecule has 0 unspecified atom stereocenters. The van der Waals surface area contributed by atoms with Crippen LogP contribution in [0.5, 0.6) is 11.5 Å². The lowest BCUT2D eigenvalue weighted by atomic mass is 10.0. The molecule has 2 amide bonds. The van der Waals surface area contributed by atoms with Crippen LogP contribution >= 0.6 is 0 Å². The summed E-state index contributed by atoms with van der Waals surface area (Å²) < 4.78 is 16.4. The van der Waals surface area contributed by atoms with Gasteiger partial charge in [-0.05, 0) is 38.8 Å². The Balaban J connectivity index is 1.52. The van der Waals surface area contributed by atoms with Crippen molar-refractivity contribution < 1.29 is 18.8 Å². The van der Waals surface area contributed by atoms with Crippen molar-refractivity contribution in [3.8, 4) is 11.5 Å². The van der Waals surface area contributed by atoms with E-state index in [4.69, 9.17) is 14.0 Å². The Bertz CT molecular complexity index is 782. The van der Waals surface area contributed by atoms with Crippen LogP contribution in [0.15, 0.2) is 22.7 Å². The minimum absolute atomic E-state index is 0.00320. The Kier molecular flexibility index (Phi) is 3.99. The molecule has 0 bridgehead atoms. The van der Waals surface area contributed by atoms with Crippen molar-refractivity contribution in [2.24, 2.45) is 0 Å². The van der Waals surface area contributed by atoms with Crippen LogP contribution in [-0.4, -0.2) is 35.8 Å². The molecular formula is C18H21N3O4. The summed E-state index contributed by atoms with van der Waals surface area (Å²) in [5.74, 6) is 2.15. The molecule has 1 atom stereocenters. The monoisotopic (exact) mass is 343 g/mol. The molecule has 0 saturated carbocycles. The highest BCUT2D eigenvalue weighted by atomic mass is 16.6. The molecule has 0 spiro atoms. The lowest BCUT2D eigenvalue weighted by molar-refractivity contribution is 0.171. The van der Waals surface area contributed by atoms with E-state index in [1.54, 1.807) is 6.07 Å². The number of ether oxygens (including phenoxy) is 2. The van der Waals surface area contributed by atoms with Crippen molar-refractivity contribution in [2.75, 3.05) is 25.1 Å². The van der Waals surface area contributed by atoms with Gasteiger partial charge in [0, 0.05) is 23.9 Å². The predicted molar refractivity (Wildman–Crippen MR) is 91.1 cm³/mol. The van der Waals surface area contributed by atoms with E-state index in [-0.39, 0.29) is 12.1 Å². The second-order valence-corrected chi connectivity index (χ2v) is 6.38. The molecule has 2 aliphatic heterocycles. The van der Waals surface area contributed by atoms with Gasteiger partial charge >= 0.3 is 6.03 Å². The smallest absolute Gasteiger partial charge is 0.322 e. The fraction of sp³-hybridized carbons (Fsp3) is 0.444. The summed E-state index contributed by atoms with van der Waals surface area (Å²) in [6, 6.07) is 5.32. The summed E-state index contributed by atoms with van der Waals surface area (Å²) in [5.41, 5.74) is 2.56. The van der Waals surface area contributed by atoms with Gasteiger partial charge in [-0.25, -0.2) is 4.79 Å². The first-order chi connectivity index (χ1) is 12.1. The van der Waals surface area contributed by atoms with Crippen LogP contribution in [0, 0.1) is 13.8 Å². The van der Waals surface area contributed by atoms with Gasteiger partial charge in [0.05, 0.1) is 11.7 Å². The minimum Gasteiger partial charge on any atom is -0.486 e. The Morgan fingerprint density at radius 1 is 1.24 bits per heavy atom. The standard InChI is InChI=1S/C18H21N3O4/c1-11-17(12(2)25-20-11)14-4-3-7-21(14)18(22)19-13-5-6-15-16(10-13)24-9-8-23-15/h5-6,10,14H,3-4,7-9H2,1-2H3,(H,19,22)/t14-/m1/s1. The molecule has 1 aromatic carbocycles. The molecule has 25 heavy (non-hydrogen) atoms. The number of benzene rings is 1. The molecule has 7 nitrogen and oxygen atoms in total. The number of anilines is 1. The van der Waals surface area contributed by atoms with Gasteiger partial charge in [-0.15, -0.1) is 0 Å². The van der Waals surface area contributed by atoms with E-state index in [0.29, 0.717) is 36.9 Å². The molecule has 1 N–H and O–H groups in total. The first-order valence-electron chi connectivity index (χ1n) is 8.53. The summed E-state index contributed by atoms with van der Waals surface area (Å²) >= 11 is 0. The molecule has 3 heterocycles. The molecule has 132 valence electrons. The highest BCUT2D eigenvalue weighted by Crippen LogP contribution is 2.37. The van der Waals surface area contributed by atoms with E-state index >= 15 is 0 Å². The Labute approximate surface area is 145 Å². The van der Waals surface area contributed by atoms with E-state index < -0.39 is 0 Å². The Morgan fingerprint density at radius 3 is 2.80 bits per heavy atom. The molecule has 0 aliphatic carbocycles. The van der Waals surface area contributed by atoms with Crippen LogP contribution in [0.3, 0.4) is 0 Å². The largest absolute Gasteiger partial charge is 0.486 e. The van der Waals surface area contributed by atoms with Crippen molar-refractivity contribution >= 4 is 11.7 Å². The van der Waals surface area contributed by atoms with Gasteiger partial charge < -0.3 is 24.2 Å². The number of likely N-dealkylation sites (tertiary alicyclic amines) is 1. The zero-order chi connectivity index (χ0) is 17.4. The normalized spacial score (nSPS) is 19.1. The number of carbonyl (C=O) groups excluding carboxylic acids is 1. The molecule has 2 aromatic rings. The number of aryl methyl sites for hydroxylation is 2. The van der Waals surface area contributed by atoms with Crippen molar-refractivity contribution in [3.63, 3.8) is 0 Å². The van der Waals surface area contributed by atoms with Crippen molar-refractivity contribution in [2.45, 2.75) is 32.7 Å². The number of amides is 2. The van der Waals surface area contributed by atoms with E-state index in [2.05, 4.69) is 10.5 Å². The molecule has 1 aromatic heterocycles. The zero-order valence-electron chi connectivity index (χ0n) is 14.4.